The molecule has 0 amide bonds. The van der Waals surface area contributed by atoms with E-state index >= 15 is 0 Å². The topological polar surface area (TPSA) is 101 Å². The average molecular weight is 532 g/mol. The average Bonchev–Trinajstić information content (AvgIpc) is 3.31. The highest BCUT2D eigenvalue weighted by molar-refractivity contribution is 14.0. The van der Waals surface area contributed by atoms with Crippen LogP contribution in [0.5, 0.6) is 0 Å². The van der Waals surface area contributed by atoms with E-state index < -0.39 is 10.0 Å². The van der Waals surface area contributed by atoms with E-state index in [1.54, 1.807) is 17.5 Å². The van der Waals surface area contributed by atoms with Crippen molar-refractivity contribution in [3.05, 3.63) is 17.5 Å². The molecule has 1 unspecified atom stereocenters. The van der Waals surface area contributed by atoms with Gasteiger partial charge in [-0.3, -0.25) is 4.99 Å². The van der Waals surface area contributed by atoms with Crippen LogP contribution in [0, 0.1) is 0 Å². The van der Waals surface area contributed by atoms with Gasteiger partial charge in [0.25, 0.3) is 0 Å². The molecule has 11 heteroatoms. The van der Waals surface area contributed by atoms with Crippen LogP contribution < -0.4 is 15.4 Å². The quantitative estimate of drug-likeness (QED) is 0.173. The summed E-state index contributed by atoms with van der Waals surface area (Å²) in [4.78, 5) is 4.47. The zero-order valence-corrected chi connectivity index (χ0v) is 19.4. The number of guanidine groups is 1. The van der Waals surface area contributed by atoms with Crippen molar-refractivity contribution in [3.8, 4) is 0 Å². The molecule has 0 saturated carbocycles. The first kappa shape index (κ1) is 24.6. The molecule has 8 nitrogen and oxygen atoms in total. The van der Waals surface area contributed by atoms with Crippen molar-refractivity contribution < 1.29 is 17.9 Å². The van der Waals surface area contributed by atoms with Crippen molar-refractivity contribution in [2.75, 3.05) is 46.0 Å². The third-order valence-corrected chi connectivity index (χ3v) is 6.49. The smallest absolute Gasteiger partial charge is 0.250 e. The fourth-order valence-electron chi connectivity index (χ4n) is 2.35. The summed E-state index contributed by atoms with van der Waals surface area (Å²) in [6.45, 7) is 6.24. The van der Waals surface area contributed by atoms with Crippen LogP contribution in [-0.4, -0.2) is 66.5 Å². The van der Waals surface area contributed by atoms with Crippen LogP contribution >= 0.6 is 35.3 Å². The lowest BCUT2D eigenvalue weighted by Gasteiger charge is -2.12. The molecule has 2 heterocycles. The molecule has 156 valence electrons. The SMILES string of the molecule is CCNC(=NCCCOC1CCOC1)NCCNS(=O)(=O)c1cccs1.I. The number of hydrogen-bond acceptors (Lipinski definition) is 6. The molecule has 1 saturated heterocycles. The number of sulfonamides is 1. The van der Waals surface area contributed by atoms with Crippen LogP contribution in [0.1, 0.15) is 19.8 Å². The molecule has 0 bridgehead atoms. The molecule has 1 aliphatic rings. The van der Waals surface area contributed by atoms with Crippen molar-refractivity contribution in [1.82, 2.24) is 15.4 Å². The zero-order chi connectivity index (χ0) is 18.7. The number of halogens is 1. The number of thiophene rings is 1. The predicted octanol–water partition coefficient (Wildman–Crippen LogP) is 1.40. The predicted molar refractivity (Wildman–Crippen MR) is 119 cm³/mol. The molecule has 1 aliphatic heterocycles. The van der Waals surface area contributed by atoms with Crippen molar-refractivity contribution in [3.63, 3.8) is 0 Å². The highest BCUT2D eigenvalue weighted by Crippen LogP contribution is 2.14. The van der Waals surface area contributed by atoms with E-state index in [1.807, 2.05) is 6.92 Å². The maximum absolute atomic E-state index is 12.0. The molecule has 27 heavy (non-hydrogen) atoms. The summed E-state index contributed by atoms with van der Waals surface area (Å²) >= 11 is 1.20. The lowest BCUT2D eigenvalue weighted by molar-refractivity contribution is 0.0424. The fraction of sp³-hybridized carbons (Fsp3) is 0.688. The van der Waals surface area contributed by atoms with Gasteiger partial charge in [-0.15, -0.1) is 35.3 Å². The van der Waals surface area contributed by atoms with Gasteiger partial charge in [-0.25, -0.2) is 13.1 Å². The summed E-state index contributed by atoms with van der Waals surface area (Å²) in [6.07, 6.45) is 2.02. The number of ether oxygens (including phenoxy) is 2. The molecular formula is C16H29IN4O4S2. The van der Waals surface area contributed by atoms with Crippen LogP contribution in [0.25, 0.3) is 0 Å². The minimum atomic E-state index is -3.42. The van der Waals surface area contributed by atoms with Crippen LogP contribution in [0.3, 0.4) is 0 Å². The van der Waals surface area contributed by atoms with Crippen LogP contribution in [-0.2, 0) is 19.5 Å². The highest BCUT2D eigenvalue weighted by Gasteiger charge is 2.15. The van der Waals surface area contributed by atoms with Gasteiger partial charge in [0.2, 0.25) is 10.0 Å². The number of rotatable bonds is 11. The molecule has 0 aliphatic carbocycles. The molecule has 0 radical (unpaired) electrons. The first-order chi connectivity index (χ1) is 12.6. The summed E-state index contributed by atoms with van der Waals surface area (Å²) in [7, 11) is -3.42. The minimum Gasteiger partial charge on any atom is -0.379 e. The largest absolute Gasteiger partial charge is 0.379 e. The number of nitrogens with zero attached hydrogens (tertiary/aromatic N) is 1. The molecule has 2 rings (SSSR count). The maximum Gasteiger partial charge on any atom is 0.250 e. The number of aliphatic imine (C=N–C) groups is 1. The molecule has 1 aromatic heterocycles. The molecule has 1 aromatic rings. The molecule has 0 spiro atoms. The van der Waals surface area contributed by atoms with Crippen molar-refractivity contribution in [2.24, 2.45) is 4.99 Å². The first-order valence-electron chi connectivity index (χ1n) is 8.86. The Morgan fingerprint density at radius 3 is 2.93 bits per heavy atom. The van der Waals surface area contributed by atoms with E-state index in [2.05, 4.69) is 20.3 Å². The van der Waals surface area contributed by atoms with E-state index in [0.29, 0.717) is 36.5 Å². The molecular weight excluding hydrogens is 503 g/mol. The van der Waals surface area contributed by atoms with Gasteiger partial charge in [0.05, 0.1) is 12.7 Å². The summed E-state index contributed by atoms with van der Waals surface area (Å²) in [6, 6.07) is 3.31. The molecule has 3 N–H and O–H groups in total. The summed E-state index contributed by atoms with van der Waals surface area (Å²) in [5.41, 5.74) is 0. The van der Waals surface area contributed by atoms with E-state index in [4.69, 9.17) is 9.47 Å². The second-order valence-electron chi connectivity index (χ2n) is 5.73. The minimum absolute atomic E-state index is 0. The second kappa shape index (κ2) is 13.7. The van der Waals surface area contributed by atoms with Crippen LogP contribution in [0.15, 0.2) is 26.7 Å². The Bertz CT molecular complexity index is 635. The van der Waals surface area contributed by atoms with Gasteiger partial charge in [-0.2, -0.15) is 0 Å². The van der Waals surface area contributed by atoms with Gasteiger partial charge in [0.15, 0.2) is 5.96 Å². The van der Waals surface area contributed by atoms with Gasteiger partial charge in [0, 0.05) is 39.4 Å². The van der Waals surface area contributed by atoms with Gasteiger partial charge in [0.1, 0.15) is 4.21 Å². The summed E-state index contributed by atoms with van der Waals surface area (Å²) in [5, 5.41) is 8.01. The van der Waals surface area contributed by atoms with E-state index in [0.717, 1.165) is 26.0 Å². The second-order valence-corrected chi connectivity index (χ2v) is 8.67. The third kappa shape index (κ3) is 9.52. The van der Waals surface area contributed by atoms with Gasteiger partial charge < -0.3 is 20.1 Å². The van der Waals surface area contributed by atoms with Gasteiger partial charge >= 0.3 is 0 Å². The van der Waals surface area contributed by atoms with E-state index in [1.165, 1.54) is 11.3 Å². The zero-order valence-electron chi connectivity index (χ0n) is 15.5. The highest BCUT2D eigenvalue weighted by atomic mass is 127. The van der Waals surface area contributed by atoms with Gasteiger partial charge in [-0.1, -0.05) is 6.07 Å². The van der Waals surface area contributed by atoms with Gasteiger partial charge in [-0.05, 0) is 31.2 Å². The summed E-state index contributed by atoms with van der Waals surface area (Å²) < 4.78 is 37.9. The normalized spacial score (nSPS) is 17.5. The van der Waals surface area contributed by atoms with E-state index in [-0.39, 0.29) is 36.6 Å². The number of nitrogens with one attached hydrogen (secondary N) is 3. The fourth-order valence-corrected chi connectivity index (χ4v) is 4.41. The molecule has 0 aromatic carbocycles. The maximum atomic E-state index is 12.0. The Morgan fingerprint density at radius 2 is 2.26 bits per heavy atom. The first-order valence-corrected chi connectivity index (χ1v) is 11.2. The van der Waals surface area contributed by atoms with Crippen LogP contribution in [0.4, 0.5) is 0 Å². The Balaban J connectivity index is 0.00000364. The van der Waals surface area contributed by atoms with Crippen molar-refractivity contribution in [1.29, 1.82) is 0 Å². The Labute approximate surface area is 182 Å². The third-order valence-electron chi connectivity index (χ3n) is 3.63. The number of hydrogen-bond donors (Lipinski definition) is 3. The monoisotopic (exact) mass is 532 g/mol. The Hall–Kier alpha value is -0.470. The molecule has 1 atom stereocenters. The molecule has 1 fully saturated rings. The lowest BCUT2D eigenvalue weighted by Crippen LogP contribution is -2.41. The Kier molecular flexibility index (Phi) is 12.4. The standard InChI is InChI=1S/C16H28N4O4S2.HI/c1-2-17-16(18-7-4-10-24-14-6-11-23-13-14)19-8-9-20-26(21,22)15-5-3-12-25-15;/h3,5,12,14,20H,2,4,6-11,13H2,1H3,(H2,17,18,19);1H. The van der Waals surface area contributed by atoms with Crippen LogP contribution in [0.2, 0.25) is 0 Å². The lowest BCUT2D eigenvalue weighted by atomic mass is 10.3. The van der Waals surface area contributed by atoms with Crippen molar-refractivity contribution in [2.45, 2.75) is 30.1 Å². The Morgan fingerprint density at radius 1 is 1.41 bits per heavy atom. The van der Waals surface area contributed by atoms with E-state index in [9.17, 15) is 8.42 Å². The van der Waals surface area contributed by atoms with Crippen molar-refractivity contribution >= 4 is 51.3 Å². The summed E-state index contributed by atoms with van der Waals surface area (Å²) in [5.74, 6) is 0.673.